The van der Waals surface area contributed by atoms with E-state index in [0.29, 0.717) is 5.92 Å². The molecule has 11 rings (SSSR count). The van der Waals surface area contributed by atoms with Gasteiger partial charge in [-0.2, -0.15) is 0 Å². The molecule has 0 saturated heterocycles. The van der Waals surface area contributed by atoms with Gasteiger partial charge in [0.1, 0.15) is 0 Å². The maximum absolute atomic E-state index is 4.69. The lowest BCUT2D eigenvalue weighted by Crippen LogP contribution is -2.16. The molecule has 0 aliphatic heterocycles. The molecule has 4 aliphatic carbocycles. The standard InChI is InChI=1S/C53H52.C16H18.C7H8.C3H8.C2H6/c1-7-10-11-16-47(36(6)37-14-12-15-37)48-28-40(22-19-35(48)5)45-32-51(43-26-25-42-27-41(13-8-2)46(9-3)49(42)30-43)52-31-44-24-23-39(29-50(44)53(52)33-45)38-20-17-34(4)18-21-38;1-12-8-9-14-13(2)7-5-6-10-16(3,4)15(14)11-12;1-7-5-3-2-4-6-7;1-3-2;1-2/h8,10-11,13,16-26,28-30,32-33,37H,6-7,9,12,14-15,27,31H2,1-5H3;5-11H,2H2,1,3-4H3;2-6H,1H3;3H2,1-2H3;1-2H3/b11-10-,13-8-,47-16+;7-5-,10-6-;;;. The van der Waals surface area contributed by atoms with Gasteiger partial charge in [-0.3, -0.25) is 0 Å². The zero-order valence-corrected chi connectivity index (χ0v) is 51.6. The van der Waals surface area contributed by atoms with E-state index in [9.17, 15) is 0 Å². The minimum absolute atomic E-state index is 0.0645. The van der Waals surface area contributed by atoms with Crippen molar-refractivity contribution in [2.45, 2.75) is 147 Å². The van der Waals surface area contributed by atoms with E-state index in [1.165, 1.54) is 154 Å². The van der Waals surface area contributed by atoms with Crippen LogP contribution in [0.2, 0.25) is 0 Å². The SMILES string of the molecule is C=C(/C(=C\C=C/CC)c1cc(-c2cc(-c3ccc4c(c3)C(CC)=C(/C=C\C)C4)c3c(c2)-c2cc(-c4ccc(C)cc4)ccc2C3)ccc1C)C1CCC1.C=C1/C=C\C=C/C(C)(C)c2cc(C)ccc21.CC.CCC.Cc1ccccc1. The minimum atomic E-state index is 0.0645. The minimum Gasteiger partial charge on any atom is -0.0949 e. The summed E-state index contributed by atoms with van der Waals surface area (Å²) in [4.78, 5) is 0. The molecule has 0 spiro atoms. The zero-order valence-electron chi connectivity index (χ0n) is 51.6. The highest BCUT2D eigenvalue weighted by Crippen LogP contribution is 2.48. The second-order valence-corrected chi connectivity index (χ2v) is 22.8. The average molecular weight is 1070 g/mol. The number of rotatable bonds is 10. The van der Waals surface area contributed by atoms with Crippen molar-refractivity contribution in [1.29, 1.82) is 0 Å². The maximum Gasteiger partial charge on any atom is 0.00846 e. The average Bonchev–Trinajstić information content (AvgIpc) is 4.11. The highest BCUT2D eigenvalue weighted by Gasteiger charge is 2.28. The van der Waals surface area contributed by atoms with Crippen molar-refractivity contribution in [3.8, 4) is 44.5 Å². The topological polar surface area (TPSA) is 0 Å². The predicted molar refractivity (Wildman–Crippen MR) is 360 cm³/mol. The number of allylic oxidation sites excluding steroid dienone is 14. The molecule has 4 aliphatic rings. The van der Waals surface area contributed by atoms with E-state index in [0.717, 1.165) is 31.3 Å². The molecule has 0 heteroatoms. The number of benzene rings is 7. The second-order valence-electron chi connectivity index (χ2n) is 22.8. The lowest BCUT2D eigenvalue weighted by atomic mass is 9.75. The smallest absolute Gasteiger partial charge is 0.00846 e. The number of hydrogen-bond donors (Lipinski definition) is 0. The van der Waals surface area contributed by atoms with Crippen LogP contribution in [0, 0.1) is 33.6 Å². The third kappa shape index (κ3) is 14.7. The van der Waals surface area contributed by atoms with Gasteiger partial charge in [-0.25, -0.2) is 0 Å². The Morgan fingerprint density at radius 2 is 1.21 bits per heavy atom. The van der Waals surface area contributed by atoms with Crippen molar-refractivity contribution in [2.24, 2.45) is 5.92 Å². The van der Waals surface area contributed by atoms with Crippen molar-refractivity contribution in [3.05, 3.63) is 280 Å². The lowest BCUT2D eigenvalue weighted by Gasteiger charge is -2.29. The first-order chi connectivity index (χ1) is 39.2. The summed E-state index contributed by atoms with van der Waals surface area (Å²) in [5, 5.41) is 0. The molecule has 0 nitrogen and oxygen atoms in total. The molecular weight excluding hydrogens is 973 g/mol. The maximum atomic E-state index is 4.69. The van der Waals surface area contributed by atoms with Crippen LogP contribution in [0.1, 0.15) is 162 Å². The summed E-state index contributed by atoms with van der Waals surface area (Å²) in [6, 6.07) is 52.3. The Labute approximate surface area is 490 Å². The summed E-state index contributed by atoms with van der Waals surface area (Å²) in [5.41, 5.74) is 32.0. The lowest BCUT2D eigenvalue weighted by molar-refractivity contribution is 0.377. The third-order valence-corrected chi connectivity index (χ3v) is 16.2. The van der Waals surface area contributed by atoms with Crippen LogP contribution in [-0.2, 0) is 18.3 Å². The molecule has 0 N–H and O–H groups in total. The Hall–Kier alpha value is -7.54. The van der Waals surface area contributed by atoms with E-state index < -0.39 is 0 Å². The largest absolute Gasteiger partial charge is 0.0949 e. The Morgan fingerprint density at radius 3 is 1.85 bits per heavy atom. The first-order valence-corrected chi connectivity index (χ1v) is 30.4. The molecule has 416 valence electrons. The van der Waals surface area contributed by atoms with Crippen LogP contribution >= 0.6 is 0 Å². The Bertz CT molecular complexity index is 3510. The summed E-state index contributed by atoms with van der Waals surface area (Å²) in [6.45, 7) is 36.8. The van der Waals surface area contributed by atoms with Gasteiger partial charge >= 0.3 is 0 Å². The van der Waals surface area contributed by atoms with Crippen LogP contribution in [0.15, 0.2) is 219 Å². The van der Waals surface area contributed by atoms with Gasteiger partial charge in [0.2, 0.25) is 0 Å². The first-order valence-electron chi connectivity index (χ1n) is 30.4. The predicted octanol–water partition coefficient (Wildman–Crippen LogP) is 23.7. The normalized spacial score (nSPS) is 15.4. The molecule has 1 saturated carbocycles. The highest BCUT2D eigenvalue weighted by molar-refractivity contribution is 5.93. The van der Waals surface area contributed by atoms with Crippen LogP contribution in [0.25, 0.3) is 61.2 Å². The van der Waals surface area contributed by atoms with Crippen LogP contribution in [-0.4, -0.2) is 0 Å². The summed E-state index contributed by atoms with van der Waals surface area (Å²) in [6.07, 6.45) is 28.9. The number of hydrogen-bond acceptors (Lipinski definition) is 0. The molecule has 0 radical (unpaired) electrons. The zero-order chi connectivity index (χ0) is 58.2. The van der Waals surface area contributed by atoms with Gasteiger partial charge in [-0.15, -0.1) is 0 Å². The Kier molecular flexibility index (Phi) is 21.7. The van der Waals surface area contributed by atoms with Gasteiger partial charge in [0.25, 0.3) is 0 Å². The monoisotopic (exact) mass is 1060 g/mol. The van der Waals surface area contributed by atoms with Gasteiger partial charge in [0.05, 0.1) is 0 Å². The molecule has 7 aromatic carbocycles. The van der Waals surface area contributed by atoms with E-state index in [1.807, 2.05) is 32.0 Å². The van der Waals surface area contributed by atoms with Gasteiger partial charge in [-0.05, 0) is 226 Å². The number of fused-ring (bicyclic) bond motifs is 5. The van der Waals surface area contributed by atoms with E-state index in [4.69, 9.17) is 0 Å². The van der Waals surface area contributed by atoms with Crippen LogP contribution < -0.4 is 0 Å². The highest BCUT2D eigenvalue weighted by atomic mass is 14.3. The third-order valence-electron chi connectivity index (χ3n) is 16.2. The van der Waals surface area contributed by atoms with E-state index >= 15 is 0 Å². The fraction of sp³-hybridized carbons (Fsp3) is 0.284. The summed E-state index contributed by atoms with van der Waals surface area (Å²) in [5.74, 6) is 0.584. The first kappa shape index (κ1) is 61.1. The van der Waals surface area contributed by atoms with Crippen LogP contribution in [0.5, 0.6) is 0 Å². The quantitative estimate of drug-likeness (QED) is 0.120. The molecule has 0 aromatic heterocycles. The van der Waals surface area contributed by atoms with Gasteiger partial charge in [0.15, 0.2) is 0 Å². The van der Waals surface area contributed by atoms with Crippen molar-refractivity contribution < 1.29 is 0 Å². The molecule has 0 heterocycles. The summed E-state index contributed by atoms with van der Waals surface area (Å²) < 4.78 is 0. The summed E-state index contributed by atoms with van der Waals surface area (Å²) >= 11 is 0. The second kappa shape index (κ2) is 28.7. The molecule has 0 atom stereocenters. The molecule has 0 amide bonds. The van der Waals surface area contributed by atoms with Crippen molar-refractivity contribution in [2.75, 3.05) is 0 Å². The molecule has 81 heavy (non-hydrogen) atoms. The molecule has 0 unspecified atom stereocenters. The van der Waals surface area contributed by atoms with Crippen LogP contribution in [0.3, 0.4) is 0 Å². The Morgan fingerprint density at radius 1 is 0.605 bits per heavy atom. The van der Waals surface area contributed by atoms with Gasteiger partial charge < -0.3 is 0 Å². The number of aryl methyl sites for hydroxylation is 4. The molecule has 1 fully saturated rings. The van der Waals surface area contributed by atoms with Crippen molar-refractivity contribution >= 4 is 16.7 Å². The summed E-state index contributed by atoms with van der Waals surface area (Å²) in [7, 11) is 0. The fourth-order valence-electron chi connectivity index (χ4n) is 11.5. The van der Waals surface area contributed by atoms with Gasteiger partial charge in [0, 0.05) is 5.41 Å². The van der Waals surface area contributed by atoms with E-state index in [-0.39, 0.29) is 5.41 Å². The van der Waals surface area contributed by atoms with Gasteiger partial charge in [-0.1, -0.05) is 262 Å². The van der Waals surface area contributed by atoms with Crippen molar-refractivity contribution in [3.63, 3.8) is 0 Å². The molecule has 0 bridgehead atoms. The molecule has 7 aromatic rings. The van der Waals surface area contributed by atoms with E-state index in [1.54, 1.807) is 0 Å². The van der Waals surface area contributed by atoms with E-state index in [2.05, 4.69) is 265 Å². The van der Waals surface area contributed by atoms with Crippen molar-refractivity contribution in [1.82, 2.24) is 0 Å². The van der Waals surface area contributed by atoms with Crippen LogP contribution in [0.4, 0.5) is 0 Å². The Balaban J connectivity index is 0.000000276. The fourth-order valence-corrected chi connectivity index (χ4v) is 11.5. The molecular formula is C81H92.